The van der Waals surface area contributed by atoms with Crippen LogP contribution in [0.4, 0.5) is 5.69 Å². The summed E-state index contributed by atoms with van der Waals surface area (Å²) in [5.41, 5.74) is 9.06. The summed E-state index contributed by atoms with van der Waals surface area (Å²) in [4.78, 5) is 15.0. The lowest BCUT2D eigenvalue weighted by molar-refractivity contribution is 0.669. The number of fused-ring (bicyclic) bond motifs is 3. The Morgan fingerprint density at radius 3 is 2.57 bits per heavy atom. The molecule has 116 valence electrons. The fourth-order valence-corrected chi connectivity index (χ4v) is 2.85. The van der Waals surface area contributed by atoms with Crippen molar-refractivity contribution >= 4 is 51.8 Å². The van der Waals surface area contributed by atoms with E-state index in [0.29, 0.717) is 27.3 Å². The smallest absolute Gasteiger partial charge is 0.272 e. The Bertz CT molecular complexity index is 1070. The first-order valence-corrected chi connectivity index (χ1v) is 7.12. The first-order valence-electron chi connectivity index (χ1n) is 6.74. The van der Waals surface area contributed by atoms with E-state index >= 15 is 0 Å². The Morgan fingerprint density at radius 1 is 1.09 bits per heavy atom. The first kappa shape index (κ1) is 15.5. The van der Waals surface area contributed by atoms with Gasteiger partial charge in [-0.25, -0.2) is 0 Å². The largest absolute Gasteiger partial charge is 0.454 e. The summed E-state index contributed by atoms with van der Waals surface area (Å²) in [5.74, 6) is 0. The molecule has 2 heterocycles. The van der Waals surface area contributed by atoms with Crippen LogP contribution in [0.25, 0.3) is 33.2 Å². The lowest BCUT2D eigenvalue weighted by atomic mass is 10.0. The van der Waals surface area contributed by atoms with Crippen molar-refractivity contribution in [1.29, 1.82) is 0 Å². The molecule has 2 aromatic carbocycles. The molecule has 0 spiro atoms. The number of nitrogens with two attached hydrogens (primary N) is 1. The summed E-state index contributed by atoms with van der Waals surface area (Å²) < 4.78 is 5.92. The molecule has 4 nitrogen and oxygen atoms in total. The normalized spacial score (nSPS) is 10.8. The fraction of sp³-hybridized carbons (Fsp3) is 0. The minimum absolute atomic E-state index is 0. The van der Waals surface area contributed by atoms with E-state index in [1.54, 1.807) is 18.2 Å². The summed E-state index contributed by atoms with van der Waals surface area (Å²) in [6.45, 7) is 0. The van der Waals surface area contributed by atoms with Gasteiger partial charge in [0.25, 0.3) is 5.56 Å². The minimum atomic E-state index is -0.339. The zero-order valence-corrected chi connectivity index (χ0v) is 13.4. The van der Waals surface area contributed by atoms with Crippen LogP contribution in [0.1, 0.15) is 0 Å². The highest BCUT2D eigenvalue weighted by molar-refractivity contribution is 6.31. The molecule has 0 saturated heterocycles. The molecule has 0 aliphatic carbocycles. The molecule has 0 unspecified atom stereocenters. The number of aromatic nitrogens is 1. The van der Waals surface area contributed by atoms with E-state index in [-0.39, 0.29) is 23.7 Å². The van der Waals surface area contributed by atoms with Gasteiger partial charge in [-0.2, -0.15) is 0 Å². The summed E-state index contributed by atoms with van der Waals surface area (Å²) >= 11 is 6.05. The lowest BCUT2D eigenvalue weighted by Gasteiger charge is -2.05. The Balaban J connectivity index is 0.00000156. The number of pyridine rings is 1. The first-order chi connectivity index (χ1) is 10.6. The third-order valence-electron chi connectivity index (χ3n) is 3.69. The predicted molar refractivity (Wildman–Crippen MR) is 96.4 cm³/mol. The molecular formula is C17H12Cl2N2O2. The maximum atomic E-state index is 12.2. The Labute approximate surface area is 142 Å². The second-order valence-electron chi connectivity index (χ2n) is 5.06. The minimum Gasteiger partial charge on any atom is -0.454 e. The average Bonchev–Trinajstić information content (AvgIpc) is 2.87. The maximum Gasteiger partial charge on any atom is 0.272 e. The molecule has 0 saturated carbocycles. The monoisotopic (exact) mass is 346 g/mol. The van der Waals surface area contributed by atoms with E-state index < -0.39 is 0 Å². The highest BCUT2D eigenvalue weighted by atomic mass is 35.5. The van der Waals surface area contributed by atoms with Crippen LogP contribution < -0.4 is 11.3 Å². The molecule has 0 bridgehead atoms. The summed E-state index contributed by atoms with van der Waals surface area (Å²) in [7, 11) is 0. The number of rotatable bonds is 1. The van der Waals surface area contributed by atoms with E-state index in [1.165, 1.54) is 0 Å². The van der Waals surface area contributed by atoms with Gasteiger partial charge in [-0.05, 0) is 23.8 Å². The van der Waals surface area contributed by atoms with Crippen LogP contribution in [-0.4, -0.2) is 4.98 Å². The molecule has 3 N–H and O–H groups in total. The van der Waals surface area contributed by atoms with Gasteiger partial charge in [-0.1, -0.05) is 41.9 Å². The summed E-state index contributed by atoms with van der Waals surface area (Å²) in [6, 6.07) is 14.8. The Hall–Kier alpha value is -2.43. The topological polar surface area (TPSA) is 72.0 Å². The van der Waals surface area contributed by atoms with Crippen LogP contribution in [-0.2, 0) is 0 Å². The number of benzene rings is 2. The highest BCUT2D eigenvalue weighted by Crippen LogP contribution is 2.37. The van der Waals surface area contributed by atoms with Gasteiger partial charge in [0.1, 0.15) is 11.3 Å². The number of anilines is 1. The lowest BCUT2D eigenvalue weighted by Crippen LogP contribution is -2.12. The molecule has 23 heavy (non-hydrogen) atoms. The van der Waals surface area contributed by atoms with Gasteiger partial charge in [0.2, 0.25) is 0 Å². The van der Waals surface area contributed by atoms with E-state index in [0.717, 1.165) is 10.9 Å². The van der Waals surface area contributed by atoms with E-state index in [2.05, 4.69) is 4.98 Å². The van der Waals surface area contributed by atoms with Crippen molar-refractivity contribution in [3.63, 3.8) is 0 Å². The number of hydrogen-bond acceptors (Lipinski definition) is 3. The van der Waals surface area contributed by atoms with Crippen molar-refractivity contribution in [3.05, 3.63) is 63.9 Å². The third-order valence-corrected chi connectivity index (χ3v) is 3.93. The average molecular weight is 347 g/mol. The summed E-state index contributed by atoms with van der Waals surface area (Å²) in [5, 5.41) is 1.34. The number of halogens is 2. The highest BCUT2D eigenvalue weighted by Gasteiger charge is 2.18. The standard InChI is InChI=1S/C17H11ClN2O2.ClH/c18-10-6-7-12-11(8-10)15-16(22-12)13(14(19)17(21)20-15)9-4-2-1-3-5-9;/h1-8H,19H2,(H,20,21);1H. The molecule has 0 atom stereocenters. The van der Waals surface area contributed by atoms with Crippen molar-refractivity contribution in [2.75, 3.05) is 5.73 Å². The number of aromatic amines is 1. The number of furan rings is 1. The molecular weight excluding hydrogens is 335 g/mol. The third kappa shape index (κ3) is 2.36. The van der Waals surface area contributed by atoms with E-state index in [1.807, 2.05) is 30.3 Å². The molecule has 2 aromatic heterocycles. The molecule has 0 radical (unpaired) electrons. The SMILES string of the molecule is Cl.Nc1c(-c2ccccc2)c2oc3ccc(Cl)cc3c2[nH]c1=O. The molecule has 4 aromatic rings. The summed E-state index contributed by atoms with van der Waals surface area (Å²) in [6.07, 6.45) is 0. The number of nitrogens with one attached hydrogen (secondary N) is 1. The quantitative estimate of drug-likeness (QED) is 0.529. The zero-order chi connectivity index (χ0) is 15.3. The van der Waals surface area contributed by atoms with Crippen molar-refractivity contribution in [1.82, 2.24) is 4.98 Å². The predicted octanol–water partition coefficient (Wildman–Crippen LogP) is 4.60. The number of H-pyrrole nitrogens is 1. The second kappa shape index (κ2) is 5.65. The molecule has 0 aliphatic heterocycles. The molecule has 6 heteroatoms. The van der Waals surface area contributed by atoms with E-state index in [4.69, 9.17) is 21.8 Å². The zero-order valence-electron chi connectivity index (χ0n) is 11.8. The molecule has 4 rings (SSSR count). The second-order valence-corrected chi connectivity index (χ2v) is 5.49. The van der Waals surface area contributed by atoms with Crippen LogP contribution in [0, 0.1) is 0 Å². The van der Waals surface area contributed by atoms with Gasteiger partial charge in [0, 0.05) is 10.4 Å². The van der Waals surface area contributed by atoms with Crippen molar-refractivity contribution in [2.45, 2.75) is 0 Å². The van der Waals surface area contributed by atoms with Gasteiger partial charge in [-0.15, -0.1) is 12.4 Å². The van der Waals surface area contributed by atoms with Gasteiger partial charge in [0.15, 0.2) is 5.58 Å². The van der Waals surface area contributed by atoms with Gasteiger partial charge >= 0.3 is 0 Å². The van der Waals surface area contributed by atoms with Crippen LogP contribution in [0.15, 0.2) is 57.7 Å². The fourth-order valence-electron chi connectivity index (χ4n) is 2.68. The Kier molecular flexibility index (Phi) is 3.80. The van der Waals surface area contributed by atoms with E-state index in [9.17, 15) is 4.79 Å². The molecule has 0 fully saturated rings. The number of nitrogen functional groups attached to an aromatic ring is 1. The van der Waals surface area contributed by atoms with Crippen LogP contribution >= 0.6 is 24.0 Å². The van der Waals surface area contributed by atoms with Crippen molar-refractivity contribution in [2.24, 2.45) is 0 Å². The number of hydrogen-bond donors (Lipinski definition) is 2. The molecule has 0 amide bonds. The van der Waals surface area contributed by atoms with Gasteiger partial charge in [0.05, 0.1) is 11.1 Å². The van der Waals surface area contributed by atoms with Crippen LogP contribution in [0.5, 0.6) is 0 Å². The van der Waals surface area contributed by atoms with Crippen molar-refractivity contribution < 1.29 is 4.42 Å². The maximum absolute atomic E-state index is 12.2. The van der Waals surface area contributed by atoms with Crippen molar-refractivity contribution in [3.8, 4) is 11.1 Å². The van der Waals surface area contributed by atoms with Crippen LogP contribution in [0.3, 0.4) is 0 Å². The van der Waals surface area contributed by atoms with Crippen LogP contribution in [0.2, 0.25) is 5.02 Å². The van der Waals surface area contributed by atoms with Gasteiger partial charge < -0.3 is 15.1 Å². The molecule has 0 aliphatic rings. The Morgan fingerprint density at radius 2 is 1.83 bits per heavy atom. The van der Waals surface area contributed by atoms with Gasteiger partial charge in [-0.3, -0.25) is 4.79 Å².